The molecular formula is C30H32F3NO4. The molecule has 0 spiro atoms. The van der Waals surface area contributed by atoms with Gasteiger partial charge in [0.15, 0.2) is 0 Å². The summed E-state index contributed by atoms with van der Waals surface area (Å²) in [6.07, 6.45) is 0.665. The minimum Gasteiger partial charge on any atom is -0.487 e. The van der Waals surface area contributed by atoms with E-state index in [0.717, 1.165) is 36.0 Å². The molecule has 1 aliphatic rings. The Balaban J connectivity index is 1.54. The highest BCUT2D eigenvalue weighted by molar-refractivity contribution is 5.68. The molecule has 0 radical (unpaired) electrons. The summed E-state index contributed by atoms with van der Waals surface area (Å²) in [6, 6.07) is 15.6. The Morgan fingerprint density at radius 3 is 2.55 bits per heavy atom. The van der Waals surface area contributed by atoms with Gasteiger partial charge in [-0.25, -0.2) is 0 Å². The Morgan fingerprint density at radius 1 is 1.11 bits per heavy atom. The van der Waals surface area contributed by atoms with Crippen LogP contribution >= 0.6 is 0 Å². The van der Waals surface area contributed by atoms with E-state index in [0.29, 0.717) is 35.3 Å². The maximum absolute atomic E-state index is 12.7. The number of aromatic nitrogens is 1. The summed E-state index contributed by atoms with van der Waals surface area (Å²) < 4.78 is 48.4. The molecule has 2 aromatic carbocycles. The average Bonchev–Trinajstić information content (AvgIpc) is 3.71. The number of rotatable bonds is 12. The van der Waals surface area contributed by atoms with Crippen LogP contribution in [-0.4, -0.2) is 22.4 Å². The normalized spacial score (nSPS) is 15.1. The summed E-state index contributed by atoms with van der Waals surface area (Å²) in [5, 5.41) is 9.33. The summed E-state index contributed by atoms with van der Waals surface area (Å²) in [5.41, 5.74) is 3.96. The van der Waals surface area contributed by atoms with Gasteiger partial charge in [-0.2, -0.15) is 0 Å². The van der Waals surface area contributed by atoms with E-state index >= 15 is 0 Å². The lowest BCUT2D eigenvalue weighted by Crippen LogP contribution is -2.17. The lowest BCUT2D eigenvalue weighted by molar-refractivity contribution is -0.274. The van der Waals surface area contributed by atoms with E-state index in [1.165, 1.54) is 18.2 Å². The van der Waals surface area contributed by atoms with Crippen molar-refractivity contribution in [2.24, 2.45) is 11.8 Å². The molecule has 0 saturated heterocycles. The first-order valence-corrected chi connectivity index (χ1v) is 12.9. The van der Waals surface area contributed by atoms with E-state index in [9.17, 15) is 23.1 Å². The van der Waals surface area contributed by atoms with Crippen molar-refractivity contribution in [3.63, 3.8) is 0 Å². The van der Waals surface area contributed by atoms with Crippen LogP contribution < -0.4 is 9.47 Å². The van der Waals surface area contributed by atoms with Crippen LogP contribution in [0.25, 0.3) is 11.3 Å². The second kappa shape index (κ2) is 11.9. The smallest absolute Gasteiger partial charge is 0.487 e. The van der Waals surface area contributed by atoms with E-state index < -0.39 is 12.3 Å². The van der Waals surface area contributed by atoms with E-state index in [2.05, 4.69) is 23.6 Å². The molecule has 2 atom stereocenters. The number of ether oxygens (including phenoxy) is 2. The summed E-state index contributed by atoms with van der Waals surface area (Å²) >= 11 is 0. The van der Waals surface area contributed by atoms with Gasteiger partial charge in [-0.1, -0.05) is 56.7 Å². The van der Waals surface area contributed by atoms with Crippen molar-refractivity contribution in [3.8, 4) is 22.8 Å². The minimum atomic E-state index is -4.77. The Kier molecular flexibility index (Phi) is 8.59. The number of carboxylic acids is 1. The zero-order chi connectivity index (χ0) is 27.3. The van der Waals surface area contributed by atoms with Crippen molar-refractivity contribution >= 4 is 5.97 Å². The van der Waals surface area contributed by atoms with Crippen LogP contribution in [-0.2, 0) is 17.8 Å². The molecule has 0 aliphatic heterocycles. The van der Waals surface area contributed by atoms with Gasteiger partial charge >= 0.3 is 12.3 Å². The molecule has 3 aromatic rings. The number of nitrogens with zero attached hydrogens (tertiary/aromatic N) is 1. The average molecular weight is 528 g/mol. The van der Waals surface area contributed by atoms with Gasteiger partial charge in [0.2, 0.25) is 0 Å². The minimum absolute atomic E-state index is 0.00706. The molecule has 1 saturated carbocycles. The number of halogens is 3. The highest BCUT2D eigenvalue weighted by Gasteiger charge is 2.34. The first-order chi connectivity index (χ1) is 18.1. The van der Waals surface area contributed by atoms with Gasteiger partial charge in [-0.05, 0) is 71.9 Å². The molecule has 8 heteroatoms. The molecule has 1 heterocycles. The highest BCUT2D eigenvalue weighted by Crippen LogP contribution is 2.44. The van der Waals surface area contributed by atoms with Gasteiger partial charge in [0, 0.05) is 5.56 Å². The molecule has 202 valence electrons. The molecular weight excluding hydrogens is 495 g/mol. The molecule has 0 amide bonds. The fourth-order valence-corrected chi connectivity index (χ4v) is 4.67. The van der Waals surface area contributed by atoms with Gasteiger partial charge in [0.05, 0.1) is 18.3 Å². The second-order valence-corrected chi connectivity index (χ2v) is 10.0. The summed E-state index contributed by atoms with van der Waals surface area (Å²) in [5.74, 6) is 0.239. The predicted octanol–water partition coefficient (Wildman–Crippen LogP) is 7.78. The second-order valence-electron chi connectivity index (χ2n) is 10.0. The van der Waals surface area contributed by atoms with Crippen molar-refractivity contribution in [2.45, 2.75) is 64.8 Å². The first kappa shape index (κ1) is 27.5. The number of pyridine rings is 1. The zero-order valence-corrected chi connectivity index (χ0v) is 21.5. The molecule has 38 heavy (non-hydrogen) atoms. The van der Waals surface area contributed by atoms with Gasteiger partial charge in [-0.15, -0.1) is 13.2 Å². The maximum Gasteiger partial charge on any atom is 0.573 e. The molecule has 1 aromatic heterocycles. The number of alkyl halides is 3. The Morgan fingerprint density at radius 2 is 1.87 bits per heavy atom. The number of hydrogen-bond donors (Lipinski definition) is 1. The number of hydrogen-bond acceptors (Lipinski definition) is 4. The van der Waals surface area contributed by atoms with Crippen molar-refractivity contribution in [1.82, 2.24) is 4.98 Å². The SMILES string of the molecule is CCC(C)Cc1cc(OCc2cccc(C(CC(=O)O)C3CC3)c2)cnc1-c1cccc(OC(F)(F)F)c1. The van der Waals surface area contributed by atoms with Crippen LogP contribution in [0.15, 0.2) is 60.8 Å². The van der Waals surface area contributed by atoms with E-state index in [4.69, 9.17) is 4.74 Å². The Bertz CT molecular complexity index is 1260. The van der Waals surface area contributed by atoms with E-state index in [-0.39, 0.29) is 24.7 Å². The molecule has 1 fully saturated rings. The summed E-state index contributed by atoms with van der Waals surface area (Å²) in [4.78, 5) is 15.9. The number of benzene rings is 2. The van der Waals surface area contributed by atoms with Crippen molar-refractivity contribution in [1.29, 1.82) is 0 Å². The van der Waals surface area contributed by atoms with Crippen LogP contribution in [0.1, 0.15) is 62.1 Å². The summed E-state index contributed by atoms with van der Waals surface area (Å²) in [7, 11) is 0. The van der Waals surface area contributed by atoms with Crippen LogP contribution in [0.3, 0.4) is 0 Å². The van der Waals surface area contributed by atoms with Crippen molar-refractivity contribution in [2.75, 3.05) is 0 Å². The third kappa shape index (κ3) is 7.73. The van der Waals surface area contributed by atoms with E-state index in [1.54, 1.807) is 12.3 Å². The van der Waals surface area contributed by atoms with Crippen molar-refractivity contribution in [3.05, 3.63) is 77.5 Å². The fraction of sp³-hybridized carbons (Fsp3) is 0.400. The van der Waals surface area contributed by atoms with Gasteiger partial charge in [0.25, 0.3) is 0 Å². The highest BCUT2D eigenvalue weighted by atomic mass is 19.4. The Labute approximate surface area is 220 Å². The first-order valence-electron chi connectivity index (χ1n) is 12.9. The van der Waals surface area contributed by atoms with Gasteiger partial charge < -0.3 is 14.6 Å². The van der Waals surface area contributed by atoms with E-state index in [1.807, 2.05) is 30.3 Å². The Hall–Kier alpha value is -3.55. The fourth-order valence-electron chi connectivity index (χ4n) is 4.67. The van der Waals surface area contributed by atoms with Crippen LogP contribution in [0.4, 0.5) is 13.2 Å². The standard InChI is InChI=1S/C30H32F3NO4/c1-3-19(2)12-24-15-26(17-34-29(24)23-8-5-9-25(14-23)38-30(31,32)33)37-18-20-6-4-7-22(13-20)27(16-28(35)36)21-10-11-21/h4-9,13-15,17,19,21,27H,3,10-12,16,18H2,1-2H3,(H,35,36). The zero-order valence-electron chi connectivity index (χ0n) is 21.5. The molecule has 1 N–H and O–H groups in total. The maximum atomic E-state index is 12.7. The number of carbonyl (C=O) groups is 1. The lowest BCUT2D eigenvalue weighted by Gasteiger charge is -2.17. The lowest BCUT2D eigenvalue weighted by atomic mass is 9.90. The third-order valence-electron chi connectivity index (χ3n) is 6.92. The molecule has 2 unspecified atom stereocenters. The van der Waals surface area contributed by atoms with Crippen LogP contribution in [0, 0.1) is 11.8 Å². The van der Waals surface area contributed by atoms with Gasteiger partial charge in [0.1, 0.15) is 18.1 Å². The largest absolute Gasteiger partial charge is 0.573 e. The molecule has 0 bridgehead atoms. The molecule has 4 rings (SSSR count). The quantitative estimate of drug-likeness (QED) is 0.260. The topological polar surface area (TPSA) is 68.7 Å². The monoisotopic (exact) mass is 527 g/mol. The van der Waals surface area contributed by atoms with Gasteiger partial charge in [-0.3, -0.25) is 9.78 Å². The van der Waals surface area contributed by atoms with Crippen LogP contribution in [0.5, 0.6) is 11.5 Å². The molecule has 1 aliphatic carbocycles. The third-order valence-corrected chi connectivity index (χ3v) is 6.92. The molecule has 5 nitrogen and oxygen atoms in total. The van der Waals surface area contributed by atoms with Crippen LogP contribution in [0.2, 0.25) is 0 Å². The number of carboxylic acid groups (broad SMARTS) is 1. The predicted molar refractivity (Wildman–Crippen MR) is 138 cm³/mol. The number of aliphatic carboxylic acids is 1. The summed E-state index contributed by atoms with van der Waals surface area (Å²) in [6.45, 7) is 4.48. The van der Waals surface area contributed by atoms with Crippen molar-refractivity contribution < 1.29 is 32.5 Å².